The molecule has 0 aromatic heterocycles. The molecule has 17 heavy (non-hydrogen) atoms. The molecule has 0 spiro atoms. The predicted molar refractivity (Wildman–Crippen MR) is 72.2 cm³/mol. The number of carbonyl (C=O) groups is 1. The smallest absolute Gasteiger partial charge is 0.321 e. The van der Waals surface area contributed by atoms with E-state index in [2.05, 4.69) is 26.1 Å². The van der Waals surface area contributed by atoms with Crippen LogP contribution in [-0.4, -0.2) is 24.0 Å². The van der Waals surface area contributed by atoms with E-state index in [0.717, 1.165) is 25.2 Å². The normalized spacial score (nSPS) is 10.4. The van der Waals surface area contributed by atoms with Crippen LogP contribution >= 0.6 is 0 Å². The van der Waals surface area contributed by atoms with Crippen LogP contribution in [0.15, 0.2) is 30.3 Å². The summed E-state index contributed by atoms with van der Waals surface area (Å²) in [6, 6.07) is 9.57. The molecule has 94 valence electrons. The highest BCUT2D eigenvalue weighted by Crippen LogP contribution is 2.08. The van der Waals surface area contributed by atoms with Gasteiger partial charge in [0.25, 0.3) is 0 Å². The second-order valence-electron chi connectivity index (χ2n) is 4.64. The van der Waals surface area contributed by atoms with Crippen LogP contribution in [0.2, 0.25) is 0 Å². The third kappa shape index (κ3) is 4.89. The van der Waals surface area contributed by atoms with Gasteiger partial charge in [-0.2, -0.15) is 0 Å². The van der Waals surface area contributed by atoms with Crippen molar-refractivity contribution in [1.29, 1.82) is 0 Å². The molecule has 0 saturated heterocycles. The number of urea groups is 1. The summed E-state index contributed by atoms with van der Waals surface area (Å²) in [6.45, 7) is 7.93. The quantitative estimate of drug-likeness (QED) is 0.829. The van der Waals surface area contributed by atoms with Crippen molar-refractivity contribution in [2.45, 2.75) is 27.2 Å². The van der Waals surface area contributed by atoms with Gasteiger partial charge < -0.3 is 10.2 Å². The average Bonchev–Trinajstić information content (AvgIpc) is 2.29. The third-order valence-electron chi connectivity index (χ3n) is 2.39. The Morgan fingerprint density at radius 2 is 1.94 bits per heavy atom. The number of rotatable bonds is 5. The highest BCUT2D eigenvalue weighted by molar-refractivity contribution is 5.89. The van der Waals surface area contributed by atoms with Crippen molar-refractivity contribution in [2.24, 2.45) is 5.92 Å². The van der Waals surface area contributed by atoms with Crippen molar-refractivity contribution in [3.05, 3.63) is 30.3 Å². The van der Waals surface area contributed by atoms with Crippen molar-refractivity contribution in [3.63, 3.8) is 0 Å². The fourth-order valence-corrected chi connectivity index (χ4v) is 1.71. The lowest BCUT2D eigenvalue weighted by molar-refractivity contribution is 0.204. The van der Waals surface area contributed by atoms with Crippen LogP contribution in [0.1, 0.15) is 27.2 Å². The van der Waals surface area contributed by atoms with E-state index in [9.17, 15) is 4.79 Å². The zero-order valence-electron chi connectivity index (χ0n) is 10.9. The van der Waals surface area contributed by atoms with E-state index in [1.54, 1.807) is 0 Å². The molecule has 3 heteroatoms. The largest absolute Gasteiger partial charge is 0.324 e. The molecule has 0 unspecified atom stereocenters. The Morgan fingerprint density at radius 3 is 2.47 bits per heavy atom. The maximum absolute atomic E-state index is 12.1. The van der Waals surface area contributed by atoms with Gasteiger partial charge in [-0.05, 0) is 24.5 Å². The van der Waals surface area contributed by atoms with E-state index in [1.807, 2.05) is 35.2 Å². The summed E-state index contributed by atoms with van der Waals surface area (Å²) in [5.74, 6) is 0.489. The monoisotopic (exact) mass is 234 g/mol. The number of amides is 2. The minimum absolute atomic E-state index is 0.00764. The lowest BCUT2D eigenvalue weighted by atomic mass is 10.2. The fraction of sp³-hybridized carbons (Fsp3) is 0.500. The van der Waals surface area contributed by atoms with Crippen molar-refractivity contribution in [3.8, 4) is 0 Å². The van der Waals surface area contributed by atoms with Crippen molar-refractivity contribution in [1.82, 2.24) is 4.90 Å². The van der Waals surface area contributed by atoms with Gasteiger partial charge in [0.05, 0.1) is 0 Å². The van der Waals surface area contributed by atoms with Crippen molar-refractivity contribution >= 4 is 11.7 Å². The van der Waals surface area contributed by atoms with Gasteiger partial charge in [-0.3, -0.25) is 0 Å². The lowest BCUT2D eigenvalue weighted by Crippen LogP contribution is -2.38. The summed E-state index contributed by atoms with van der Waals surface area (Å²) in [4.78, 5) is 13.9. The Kier molecular flexibility index (Phi) is 5.53. The first kappa shape index (κ1) is 13.6. The molecule has 0 aliphatic carbocycles. The van der Waals surface area contributed by atoms with E-state index in [1.165, 1.54) is 0 Å². The molecule has 0 aliphatic heterocycles. The molecule has 1 aromatic rings. The number of hydrogen-bond acceptors (Lipinski definition) is 1. The van der Waals surface area contributed by atoms with Gasteiger partial charge in [-0.1, -0.05) is 39.0 Å². The number of benzene rings is 1. The highest BCUT2D eigenvalue weighted by Gasteiger charge is 2.13. The molecule has 0 saturated carbocycles. The van der Waals surface area contributed by atoms with Crippen LogP contribution < -0.4 is 5.32 Å². The topological polar surface area (TPSA) is 32.3 Å². The van der Waals surface area contributed by atoms with Gasteiger partial charge >= 0.3 is 6.03 Å². The summed E-state index contributed by atoms with van der Waals surface area (Å²) >= 11 is 0. The Hall–Kier alpha value is -1.51. The van der Waals surface area contributed by atoms with Crippen LogP contribution in [0.25, 0.3) is 0 Å². The summed E-state index contributed by atoms with van der Waals surface area (Å²) in [6.07, 6.45) is 0.981. The second kappa shape index (κ2) is 6.94. The SMILES string of the molecule is CCCN(CC(C)C)C(=O)Nc1ccccc1. The van der Waals surface area contributed by atoms with E-state index in [-0.39, 0.29) is 6.03 Å². The maximum atomic E-state index is 12.1. The second-order valence-corrected chi connectivity index (χ2v) is 4.64. The minimum atomic E-state index is -0.00764. The van der Waals surface area contributed by atoms with Gasteiger partial charge in [0.15, 0.2) is 0 Å². The van der Waals surface area contributed by atoms with Crippen molar-refractivity contribution < 1.29 is 4.79 Å². The fourth-order valence-electron chi connectivity index (χ4n) is 1.71. The lowest BCUT2D eigenvalue weighted by Gasteiger charge is -2.24. The summed E-state index contributed by atoms with van der Waals surface area (Å²) < 4.78 is 0. The Labute approximate surface area is 104 Å². The van der Waals surface area contributed by atoms with Gasteiger partial charge in [0.1, 0.15) is 0 Å². The zero-order chi connectivity index (χ0) is 12.7. The Morgan fingerprint density at radius 1 is 1.29 bits per heavy atom. The molecule has 1 aromatic carbocycles. The van der Waals surface area contributed by atoms with Crippen LogP contribution in [0.3, 0.4) is 0 Å². The molecule has 0 bridgehead atoms. The number of nitrogens with one attached hydrogen (secondary N) is 1. The van der Waals surface area contributed by atoms with Crippen LogP contribution in [-0.2, 0) is 0 Å². The first-order valence-electron chi connectivity index (χ1n) is 6.24. The maximum Gasteiger partial charge on any atom is 0.321 e. The van der Waals surface area contributed by atoms with Crippen LogP contribution in [0, 0.1) is 5.92 Å². The molecule has 0 radical (unpaired) electrons. The Balaban J connectivity index is 2.59. The van der Waals surface area contributed by atoms with E-state index in [4.69, 9.17) is 0 Å². The first-order valence-corrected chi connectivity index (χ1v) is 6.24. The van der Waals surface area contributed by atoms with Gasteiger partial charge in [-0.25, -0.2) is 4.79 Å². The molecular formula is C14H22N2O. The number of hydrogen-bond donors (Lipinski definition) is 1. The number of carbonyl (C=O) groups excluding carboxylic acids is 1. The molecule has 0 fully saturated rings. The summed E-state index contributed by atoms with van der Waals surface area (Å²) in [7, 11) is 0. The summed E-state index contributed by atoms with van der Waals surface area (Å²) in [5, 5.41) is 2.92. The van der Waals surface area contributed by atoms with Gasteiger partial charge in [0, 0.05) is 18.8 Å². The van der Waals surface area contributed by atoms with Gasteiger partial charge in [-0.15, -0.1) is 0 Å². The third-order valence-corrected chi connectivity index (χ3v) is 2.39. The average molecular weight is 234 g/mol. The van der Waals surface area contributed by atoms with E-state index in [0.29, 0.717) is 5.92 Å². The molecule has 2 amide bonds. The molecule has 1 N–H and O–H groups in total. The molecule has 0 atom stereocenters. The van der Waals surface area contributed by atoms with E-state index >= 15 is 0 Å². The predicted octanol–water partition coefficient (Wildman–Crippen LogP) is 3.59. The van der Waals surface area contributed by atoms with E-state index < -0.39 is 0 Å². The highest BCUT2D eigenvalue weighted by atomic mass is 16.2. The standard InChI is InChI=1S/C14H22N2O/c1-4-10-16(11-12(2)3)14(17)15-13-8-6-5-7-9-13/h5-9,12H,4,10-11H2,1-3H3,(H,15,17). The zero-order valence-corrected chi connectivity index (χ0v) is 10.9. The Bertz CT molecular complexity index is 335. The first-order chi connectivity index (χ1) is 8.13. The number of nitrogens with zero attached hydrogens (tertiary/aromatic N) is 1. The molecule has 3 nitrogen and oxygen atoms in total. The van der Waals surface area contributed by atoms with Crippen molar-refractivity contribution in [2.75, 3.05) is 18.4 Å². The molecule has 0 aliphatic rings. The molecule has 1 rings (SSSR count). The van der Waals surface area contributed by atoms with Crippen LogP contribution in [0.4, 0.5) is 10.5 Å². The molecular weight excluding hydrogens is 212 g/mol. The number of para-hydroxylation sites is 1. The number of anilines is 1. The van der Waals surface area contributed by atoms with Crippen LogP contribution in [0.5, 0.6) is 0 Å². The molecule has 0 heterocycles. The minimum Gasteiger partial charge on any atom is -0.324 e. The summed E-state index contributed by atoms with van der Waals surface area (Å²) in [5.41, 5.74) is 0.849. The van der Waals surface area contributed by atoms with Gasteiger partial charge in [0.2, 0.25) is 0 Å².